The van der Waals surface area contributed by atoms with E-state index >= 15 is 0 Å². The van der Waals surface area contributed by atoms with Gasteiger partial charge in [0.15, 0.2) is 0 Å². The van der Waals surface area contributed by atoms with Crippen molar-refractivity contribution in [3.8, 4) is 0 Å². The molecule has 1 aromatic heterocycles. The average molecular weight is 447 g/mol. The van der Waals surface area contributed by atoms with E-state index in [0.717, 1.165) is 53.8 Å². The van der Waals surface area contributed by atoms with Gasteiger partial charge in [-0.3, -0.25) is 9.89 Å². The van der Waals surface area contributed by atoms with Gasteiger partial charge in [0.2, 0.25) is 5.91 Å². The third kappa shape index (κ3) is 2.90. The summed E-state index contributed by atoms with van der Waals surface area (Å²) in [6.45, 7) is 2.14. The number of hydrogen-bond acceptors (Lipinski definition) is 3. The highest BCUT2D eigenvalue weighted by Gasteiger charge is 2.65. The number of aromatic amines is 1. The molecule has 5 nitrogen and oxygen atoms in total. The van der Waals surface area contributed by atoms with E-state index in [1.54, 1.807) is 0 Å². The Kier molecular flexibility index (Phi) is 4.15. The molecule has 3 aromatic carbocycles. The smallest absolute Gasteiger partial charge is 0.235 e. The second kappa shape index (κ2) is 7.15. The number of para-hydroxylation sites is 1. The van der Waals surface area contributed by atoms with Gasteiger partial charge in [-0.05, 0) is 65.9 Å². The molecule has 1 saturated carbocycles. The molecule has 2 N–H and O–H groups in total. The Hall–Kier alpha value is -3.70. The quantitative estimate of drug-likeness (QED) is 0.460. The zero-order valence-corrected chi connectivity index (χ0v) is 19.1. The summed E-state index contributed by atoms with van der Waals surface area (Å²) in [5.74, 6) is 0.333. The number of hydrogen-bond donors (Lipinski definition) is 2. The van der Waals surface area contributed by atoms with Crippen LogP contribution in [-0.2, 0) is 23.2 Å². The van der Waals surface area contributed by atoms with Gasteiger partial charge in [0, 0.05) is 30.1 Å². The summed E-state index contributed by atoms with van der Waals surface area (Å²) in [5.41, 5.74) is 8.91. The number of benzene rings is 3. The Morgan fingerprint density at radius 3 is 2.91 bits per heavy atom. The standard InChI is InChI=1S/C29H26N4O/c1-33-13-12-19-8-6-18(14-21(19)17-33)7-11-25-22-10-9-20(15-27(22)32-31-25)24-16-29(24)23-4-2-3-5-26(23)30-28(29)34/h2-11,14-15,24H,12-13,16-17H2,1H3,(H,30,34)(H,31,32)/b11-7+. The lowest BCUT2D eigenvalue weighted by molar-refractivity contribution is -0.118. The van der Waals surface area contributed by atoms with Gasteiger partial charge in [-0.25, -0.2) is 0 Å². The maximum Gasteiger partial charge on any atom is 0.235 e. The summed E-state index contributed by atoms with van der Waals surface area (Å²) in [6, 6.07) is 21.3. The fourth-order valence-electron chi connectivity index (χ4n) is 5.95. The fraction of sp³-hybridized carbons (Fsp3) is 0.241. The first-order valence-corrected chi connectivity index (χ1v) is 12.0. The molecule has 3 aliphatic rings. The van der Waals surface area contributed by atoms with Gasteiger partial charge in [-0.1, -0.05) is 54.6 Å². The van der Waals surface area contributed by atoms with E-state index in [4.69, 9.17) is 0 Å². The largest absolute Gasteiger partial charge is 0.325 e. The van der Waals surface area contributed by atoms with Gasteiger partial charge < -0.3 is 10.2 Å². The maximum absolute atomic E-state index is 12.9. The number of rotatable bonds is 3. The Bertz CT molecular complexity index is 1500. The molecule has 2 aliphatic heterocycles. The van der Waals surface area contributed by atoms with Crippen LogP contribution >= 0.6 is 0 Å². The third-order valence-electron chi connectivity index (χ3n) is 7.91. The number of nitrogens with zero attached hydrogens (tertiary/aromatic N) is 2. The molecule has 2 unspecified atom stereocenters. The summed E-state index contributed by atoms with van der Waals surface area (Å²) in [7, 11) is 2.18. The fourth-order valence-corrected chi connectivity index (χ4v) is 5.95. The van der Waals surface area contributed by atoms with E-state index in [1.807, 2.05) is 18.2 Å². The summed E-state index contributed by atoms with van der Waals surface area (Å²) < 4.78 is 0. The second-order valence-electron chi connectivity index (χ2n) is 9.99. The highest BCUT2D eigenvalue weighted by atomic mass is 16.2. The van der Waals surface area contributed by atoms with Crippen LogP contribution in [0.15, 0.2) is 60.7 Å². The number of H-pyrrole nitrogens is 1. The first kappa shape index (κ1) is 19.7. The molecule has 3 heterocycles. The molecular formula is C29H26N4O. The van der Waals surface area contributed by atoms with Crippen LogP contribution in [0.3, 0.4) is 0 Å². The van der Waals surface area contributed by atoms with Crippen LogP contribution in [0.5, 0.6) is 0 Å². The van der Waals surface area contributed by atoms with Crippen molar-refractivity contribution in [1.82, 2.24) is 15.1 Å². The molecule has 1 spiro atoms. The van der Waals surface area contributed by atoms with E-state index in [9.17, 15) is 4.79 Å². The van der Waals surface area contributed by atoms with Crippen molar-refractivity contribution in [2.75, 3.05) is 18.9 Å². The van der Waals surface area contributed by atoms with Crippen molar-refractivity contribution in [1.29, 1.82) is 0 Å². The molecular weight excluding hydrogens is 420 g/mol. The number of likely N-dealkylation sites (N-methyl/N-ethyl adjacent to an activating group) is 1. The lowest BCUT2D eigenvalue weighted by atomic mass is 9.92. The van der Waals surface area contributed by atoms with E-state index in [0.29, 0.717) is 0 Å². The predicted octanol–water partition coefficient (Wildman–Crippen LogP) is 5.10. The number of nitrogens with one attached hydrogen (secondary N) is 2. The topological polar surface area (TPSA) is 61.0 Å². The van der Waals surface area contributed by atoms with Crippen LogP contribution in [0.2, 0.25) is 0 Å². The lowest BCUT2D eigenvalue weighted by Gasteiger charge is -2.25. The van der Waals surface area contributed by atoms with Crippen molar-refractivity contribution >= 4 is 34.6 Å². The Morgan fingerprint density at radius 1 is 1.06 bits per heavy atom. The number of carbonyl (C=O) groups is 1. The van der Waals surface area contributed by atoms with Crippen molar-refractivity contribution < 1.29 is 4.79 Å². The Labute approximate surface area is 198 Å². The molecule has 34 heavy (non-hydrogen) atoms. The number of fused-ring (bicyclic) bond motifs is 4. The van der Waals surface area contributed by atoms with Gasteiger partial charge >= 0.3 is 0 Å². The lowest BCUT2D eigenvalue weighted by Crippen LogP contribution is -2.26. The van der Waals surface area contributed by atoms with Crippen LogP contribution in [-0.4, -0.2) is 34.6 Å². The average Bonchev–Trinajstić information content (AvgIpc) is 3.38. The molecule has 0 saturated heterocycles. The zero-order valence-electron chi connectivity index (χ0n) is 19.1. The van der Waals surface area contributed by atoms with Crippen LogP contribution < -0.4 is 5.32 Å². The molecule has 1 fully saturated rings. The minimum absolute atomic E-state index is 0.128. The molecule has 0 radical (unpaired) electrons. The molecule has 2 atom stereocenters. The molecule has 1 amide bonds. The highest BCUT2D eigenvalue weighted by molar-refractivity contribution is 6.09. The normalized spacial score (nSPS) is 23.4. The zero-order chi connectivity index (χ0) is 22.9. The monoisotopic (exact) mass is 446 g/mol. The van der Waals surface area contributed by atoms with Gasteiger partial charge in [-0.2, -0.15) is 5.10 Å². The van der Waals surface area contributed by atoms with Crippen molar-refractivity contribution in [2.24, 2.45) is 0 Å². The van der Waals surface area contributed by atoms with Crippen LogP contribution in [0, 0.1) is 0 Å². The second-order valence-corrected chi connectivity index (χ2v) is 9.99. The van der Waals surface area contributed by atoms with E-state index in [2.05, 4.69) is 82.1 Å². The van der Waals surface area contributed by atoms with Gasteiger partial charge in [0.05, 0.1) is 16.6 Å². The van der Waals surface area contributed by atoms with Crippen molar-refractivity contribution in [2.45, 2.75) is 30.7 Å². The summed E-state index contributed by atoms with van der Waals surface area (Å²) >= 11 is 0. The van der Waals surface area contributed by atoms with Crippen LogP contribution in [0.25, 0.3) is 23.1 Å². The summed E-state index contributed by atoms with van der Waals surface area (Å²) in [6.07, 6.45) is 6.22. The number of carbonyl (C=O) groups excluding carboxylic acids is 1. The first-order chi connectivity index (χ1) is 16.6. The van der Waals surface area contributed by atoms with Gasteiger partial charge in [0.1, 0.15) is 0 Å². The van der Waals surface area contributed by atoms with Crippen molar-refractivity contribution in [3.63, 3.8) is 0 Å². The number of aromatic nitrogens is 2. The maximum atomic E-state index is 12.9. The van der Waals surface area contributed by atoms with Crippen LogP contribution in [0.1, 0.15) is 45.8 Å². The molecule has 1 aliphatic carbocycles. The molecule has 5 heteroatoms. The van der Waals surface area contributed by atoms with Crippen LogP contribution in [0.4, 0.5) is 5.69 Å². The number of amides is 1. The minimum Gasteiger partial charge on any atom is -0.325 e. The summed E-state index contributed by atoms with van der Waals surface area (Å²) in [5, 5.41) is 12.0. The Morgan fingerprint density at radius 2 is 1.97 bits per heavy atom. The van der Waals surface area contributed by atoms with E-state index in [-0.39, 0.29) is 11.8 Å². The number of anilines is 1. The van der Waals surface area contributed by atoms with Gasteiger partial charge in [-0.15, -0.1) is 0 Å². The van der Waals surface area contributed by atoms with E-state index < -0.39 is 5.41 Å². The molecule has 168 valence electrons. The Balaban J connectivity index is 1.16. The first-order valence-electron chi connectivity index (χ1n) is 12.0. The van der Waals surface area contributed by atoms with Gasteiger partial charge in [0.25, 0.3) is 0 Å². The highest BCUT2D eigenvalue weighted by Crippen LogP contribution is 2.64. The molecule has 0 bridgehead atoms. The third-order valence-corrected chi connectivity index (χ3v) is 7.91. The van der Waals surface area contributed by atoms with E-state index in [1.165, 1.54) is 22.3 Å². The summed E-state index contributed by atoms with van der Waals surface area (Å²) in [4.78, 5) is 15.2. The molecule has 7 rings (SSSR count). The minimum atomic E-state index is -0.409. The predicted molar refractivity (Wildman–Crippen MR) is 136 cm³/mol. The SMILES string of the molecule is CN1CCc2ccc(/C=C/c3n[nH]c4cc(C5CC56C(=O)Nc5ccccc56)ccc34)cc2C1. The van der Waals surface area contributed by atoms with Crippen molar-refractivity contribution in [3.05, 3.63) is 94.2 Å². The molecule has 4 aromatic rings.